The third kappa shape index (κ3) is 4.79. The molecule has 0 N–H and O–H groups in total. The van der Waals surface area contributed by atoms with Crippen LogP contribution in [0.4, 0.5) is 11.4 Å². The summed E-state index contributed by atoms with van der Waals surface area (Å²) < 4.78 is 9.64. The fraction of sp³-hybridized carbons (Fsp3) is 0.115. The van der Waals surface area contributed by atoms with Gasteiger partial charge in [0.05, 0.1) is 5.41 Å². The molecule has 264 valence electrons. The van der Waals surface area contributed by atoms with E-state index in [0.717, 1.165) is 34.0 Å². The number of hydrogen-bond acceptors (Lipinski definition) is 3. The largest absolute Gasteiger partial charge is 0.460 e. The predicted molar refractivity (Wildman–Crippen MR) is 231 cm³/mol. The Morgan fingerprint density at radius 2 is 1.27 bits per heavy atom. The van der Waals surface area contributed by atoms with Gasteiger partial charge < -0.3 is 9.64 Å². The van der Waals surface area contributed by atoms with E-state index in [1.165, 1.54) is 53.7 Å². The highest BCUT2D eigenvalue weighted by molar-refractivity contribution is 7.26. The third-order valence-electron chi connectivity index (χ3n) is 12.5. The number of ether oxygens (including phenoxy) is 1. The Hall–Kier alpha value is -6.16. The second kappa shape index (κ2) is 11.9. The first-order valence-electron chi connectivity index (χ1n) is 19.2. The van der Waals surface area contributed by atoms with Crippen LogP contribution >= 0.6 is 11.3 Å². The lowest BCUT2D eigenvalue weighted by atomic mass is 9.79. The molecule has 3 atom stereocenters. The molecule has 1 spiro atoms. The Labute approximate surface area is 326 Å². The fourth-order valence-electron chi connectivity index (χ4n) is 9.89. The summed E-state index contributed by atoms with van der Waals surface area (Å²) in [4.78, 5) is 2.43. The fourth-order valence-corrected chi connectivity index (χ4v) is 11.1. The molecule has 0 amide bonds. The number of nitrogens with zero attached hydrogens (tertiary/aromatic N) is 1. The molecule has 55 heavy (non-hydrogen) atoms. The molecular weight excluding hydrogens is 687 g/mol. The maximum atomic E-state index is 6.98. The molecule has 1 saturated carbocycles. The van der Waals surface area contributed by atoms with E-state index in [1.54, 1.807) is 0 Å². The average molecular weight is 726 g/mol. The predicted octanol–water partition coefficient (Wildman–Crippen LogP) is 14.2. The van der Waals surface area contributed by atoms with Crippen LogP contribution in [-0.4, -0.2) is 0 Å². The van der Waals surface area contributed by atoms with Crippen molar-refractivity contribution in [3.8, 4) is 28.0 Å². The SMILES string of the molecule is C=C1/C=C\C2=C(Oc3ccccc31)C13C=CC(N(c4ccc(-c5ccccc5)cc4)c4ccc(-c5cccc6c5sc5ccccc56)cc4)=CC1C3C2(C)C. The summed E-state index contributed by atoms with van der Waals surface area (Å²) in [5.41, 5.74) is 11.4. The highest BCUT2D eigenvalue weighted by Crippen LogP contribution is 2.79. The van der Waals surface area contributed by atoms with Crippen molar-refractivity contribution in [3.63, 3.8) is 0 Å². The molecule has 3 aliphatic carbocycles. The summed E-state index contributed by atoms with van der Waals surface area (Å²) in [6, 6.07) is 52.5. The quantitative estimate of drug-likeness (QED) is 0.175. The summed E-state index contributed by atoms with van der Waals surface area (Å²) in [5.74, 6) is 2.69. The molecule has 2 nitrogen and oxygen atoms in total. The number of hydrogen-bond donors (Lipinski definition) is 0. The van der Waals surface area contributed by atoms with Crippen LogP contribution in [0.2, 0.25) is 0 Å². The second-order valence-electron chi connectivity index (χ2n) is 15.9. The smallest absolute Gasteiger partial charge is 0.134 e. The van der Waals surface area contributed by atoms with E-state index in [2.05, 4.69) is 201 Å². The van der Waals surface area contributed by atoms with E-state index in [9.17, 15) is 0 Å². The third-order valence-corrected chi connectivity index (χ3v) is 13.8. The van der Waals surface area contributed by atoms with Gasteiger partial charge in [0.25, 0.3) is 0 Å². The Morgan fingerprint density at radius 1 is 0.618 bits per heavy atom. The summed E-state index contributed by atoms with van der Waals surface area (Å²) in [7, 11) is 0. The molecule has 4 aliphatic rings. The molecule has 1 aromatic heterocycles. The zero-order chi connectivity index (χ0) is 36.9. The van der Waals surface area contributed by atoms with Crippen molar-refractivity contribution >= 4 is 48.5 Å². The van der Waals surface area contributed by atoms with Gasteiger partial charge in [0.15, 0.2) is 0 Å². The molecule has 0 saturated heterocycles. The van der Waals surface area contributed by atoms with Crippen LogP contribution in [0, 0.1) is 22.7 Å². The Bertz CT molecular complexity index is 2830. The van der Waals surface area contributed by atoms with Gasteiger partial charge in [-0.1, -0.05) is 154 Å². The number of benzene rings is 6. The first kappa shape index (κ1) is 32.3. The van der Waals surface area contributed by atoms with Crippen LogP contribution < -0.4 is 9.64 Å². The molecular formula is C52H39NOS. The lowest BCUT2D eigenvalue weighted by molar-refractivity contribution is 0.354. The van der Waals surface area contributed by atoms with E-state index in [1.807, 2.05) is 11.3 Å². The molecule has 0 bridgehead atoms. The summed E-state index contributed by atoms with van der Waals surface area (Å²) in [6.07, 6.45) is 11.8. The molecule has 3 unspecified atom stereocenters. The number of anilines is 2. The van der Waals surface area contributed by atoms with E-state index < -0.39 is 0 Å². The molecule has 1 fully saturated rings. The lowest BCUT2D eigenvalue weighted by Crippen LogP contribution is -2.21. The van der Waals surface area contributed by atoms with Crippen molar-refractivity contribution < 1.29 is 4.74 Å². The van der Waals surface area contributed by atoms with Gasteiger partial charge >= 0.3 is 0 Å². The van der Waals surface area contributed by atoms with Crippen LogP contribution in [0.1, 0.15) is 19.4 Å². The maximum Gasteiger partial charge on any atom is 0.134 e. The Kier molecular flexibility index (Phi) is 7.00. The van der Waals surface area contributed by atoms with Gasteiger partial charge in [-0.3, -0.25) is 0 Å². The van der Waals surface area contributed by atoms with Gasteiger partial charge in [-0.25, -0.2) is 0 Å². The Morgan fingerprint density at radius 3 is 2.07 bits per heavy atom. The number of para-hydroxylation sites is 1. The lowest BCUT2D eigenvalue weighted by Gasteiger charge is -2.31. The van der Waals surface area contributed by atoms with Crippen molar-refractivity contribution in [2.45, 2.75) is 13.8 Å². The molecule has 2 heterocycles. The average Bonchev–Trinajstić information content (AvgIpc) is 3.70. The summed E-state index contributed by atoms with van der Waals surface area (Å²) >= 11 is 1.88. The van der Waals surface area contributed by atoms with Crippen LogP contribution in [0.5, 0.6) is 5.75 Å². The van der Waals surface area contributed by atoms with Gasteiger partial charge in [-0.2, -0.15) is 0 Å². The minimum Gasteiger partial charge on any atom is -0.460 e. The molecule has 0 radical (unpaired) electrons. The zero-order valence-electron chi connectivity index (χ0n) is 30.9. The minimum absolute atomic E-state index is 0.0726. The topological polar surface area (TPSA) is 12.5 Å². The van der Waals surface area contributed by atoms with Gasteiger partial charge in [-0.15, -0.1) is 11.3 Å². The highest BCUT2D eigenvalue weighted by Gasteiger charge is 2.76. The van der Waals surface area contributed by atoms with Gasteiger partial charge in [0, 0.05) is 48.7 Å². The Balaban J connectivity index is 0.999. The van der Waals surface area contributed by atoms with Gasteiger partial charge in [0.1, 0.15) is 11.5 Å². The van der Waals surface area contributed by atoms with Crippen molar-refractivity contribution in [3.05, 3.63) is 205 Å². The first-order chi connectivity index (χ1) is 26.9. The normalized spacial score (nSPS) is 22.1. The molecule has 3 heteroatoms. The van der Waals surface area contributed by atoms with Crippen molar-refractivity contribution in [1.82, 2.24) is 0 Å². The van der Waals surface area contributed by atoms with Crippen molar-refractivity contribution in [2.24, 2.45) is 22.7 Å². The van der Waals surface area contributed by atoms with Crippen molar-refractivity contribution in [1.29, 1.82) is 0 Å². The summed E-state index contributed by atoms with van der Waals surface area (Å²) in [6.45, 7) is 9.15. The maximum absolute atomic E-state index is 6.98. The molecule has 1 aliphatic heterocycles. The van der Waals surface area contributed by atoms with E-state index in [-0.39, 0.29) is 10.8 Å². The molecule has 11 rings (SSSR count). The van der Waals surface area contributed by atoms with E-state index >= 15 is 0 Å². The van der Waals surface area contributed by atoms with Crippen molar-refractivity contribution in [2.75, 3.05) is 4.90 Å². The second-order valence-corrected chi connectivity index (χ2v) is 16.9. The molecule has 7 aromatic rings. The minimum atomic E-state index is -0.173. The van der Waals surface area contributed by atoms with Crippen LogP contribution in [-0.2, 0) is 0 Å². The number of rotatable bonds is 5. The number of allylic oxidation sites excluding steroid dienone is 7. The van der Waals surface area contributed by atoms with Gasteiger partial charge in [-0.05, 0) is 87.2 Å². The number of thiophene rings is 1. The molecule has 6 aromatic carbocycles. The number of fused-ring (bicyclic) bond motifs is 5. The van der Waals surface area contributed by atoms with E-state index in [0.29, 0.717) is 11.8 Å². The standard InChI is InChI=1S/C52H39NOS/c1-33-20-29-44-50(54-46-18-9-7-14-40(33)46)52-31-30-39(32-45(52)49(52)51(44,2)3)53(37-25-21-35(22-26-37)34-12-5-4-6-13-34)38-27-23-36(24-28-38)41-16-11-17-43-42-15-8-10-19-47(42)55-48(41)43/h4-32,45,49H,1H2,2-3H3/b29-20-. The van der Waals surface area contributed by atoms with Gasteiger partial charge in [0.2, 0.25) is 0 Å². The monoisotopic (exact) mass is 725 g/mol. The van der Waals surface area contributed by atoms with E-state index in [4.69, 9.17) is 4.74 Å². The zero-order valence-corrected chi connectivity index (χ0v) is 31.7. The highest BCUT2D eigenvalue weighted by atomic mass is 32.1. The van der Waals surface area contributed by atoms with Crippen LogP contribution in [0.15, 0.2) is 200 Å². The first-order valence-corrected chi connectivity index (χ1v) is 20.0. The van der Waals surface area contributed by atoms with Crippen LogP contribution in [0.25, 0.3) is 48.0 Å². The summed E-state index contributed by atoms with van der Waals surface area (Å²) in [5, 5.41) is 2.65. The van der Waals surface area contributed by atoms with Crippen LogP contribution in [0.3, 0.4) is 0 Å².